The summed E-state index contributed by atoms with van der Waals surface area (Å²) in [6.45, 7) is 3.45. The molecule has 0 unspecified atom stereocenters. The lowest BCUT2D eigenvalue weighted by Gasteiger charge is -2.23. The van der Waals surface area contributed by atoms with E-state index in [4.69, 9.17) is 30.5 Å². The number of carbonyl (C=O) groups excluding carboxylic acids is 3. The van der Waals surface area contributed by atoms with Gasteiger partial charge in [-0.3, -0.25) is 19.5 Å². The summed E-state index contributed by atoms with van der Waals surface area (Å²) in [7, 11) is 0. The molecule has 28 heavy (non-hydrogen) atoms. The van der Waals surface area contributed by atoms with Gasteiger partial charge in [-0.15, -0.1) is 0 Å². The van der Waals surface area contributed by atoms with Crippen LogP contribution in [0.3, 0.4) is 0 Å². The van der Waals surface area contributed by atoms with E-state index in [1.807, 2.05) is 0 Å². The number of carbonyl (C=O) groups is 3. The third-order valence-electron chi connectivity index (χ3n) is 3.97. The minimum atomic E-state index is -1.03. The van der Waals surface area contributed by atoms with Crippen LogP contribution in [0.25, 0.3) is 11.0 Å². The molecule has 0 aliphatic carbocycles. The van der Waals surface area contributed by atoms with Crippen molar-refractivity contribution in [1.29, 1.82) is 0 Å². The van der Waals surface area contributed by atoms with Crippen LogP contribution in [0.1, 0.15) is 32.6 Å². The van der Waals surface area contributed by atoms with Crippen LogP contribution in [0, 0.1) is 0 Å². The summed E-state index contributed by atoms with van der Waals surface area (Å²) in [6.07, 6.45) is -2.59. The van der Waals surface area contributed by atoms with Crippen molar-refractivity contribution in [3.63, 3.8) is 0 Å². The Bertz CT molecular complexity index is 918. The molecule has 1 aliphatic rings. The fourth-order valence-corrected chi connectivity index (χ4v) is 3.14. The van der Waals surface area contributed by atoms with Gasteiger partial charge in [-0.05, 0) is 0 Å². The third-order valence-corrected chi connectivity index (χ3v) is 4.25. The van der Waals surface area contributed by atoms with Crippen molar-refractivity contribution in [1.82, 2.24) is 20.2 Å². The van der Waals surface area contributed by atoms with E-state index < -0.39 is 42.3 Å². The lowest BCUT2D eigenvalue weighted by Crippen LogP contribution is -2.40. The van der Waals surface area contributed by atoms with Crippen LogP contribution in [0.5, 0.6) is 0 Å². The first-order valence-corrected chi connectivity index (χ1v) is 8.63. The zero-order valence-electron chi connectivity index (χ0n) is 15.2. The topological polar surface area (TPSA) is 143 Å². The van der Waals surface area contributed by atoms with Crippen molar-refractivity contribution in [2.75, 3.05) is 6.61 Å². The van der Waals surface area contributed by atoms with Gasteiger partial charge in [-0.25, -0.2) is 9.97 Å². The number of fused-ring (bicyclic) bond motifs is 1. The molecule has 0 spiro atoms. The van der Waals surface area contributed by atoms with Gasteiger partial charge in [0.15, 0.2) is 17.4 Å². The number of halogens is 1. The number of rotatable bonds is 5. The molecule has 3 rings (SSSR count). The van der Waals surface area contributed by atoms with Gasteiger partial charge in [0.1, 0.15) is 36.2 Å². The second kappa shape index (κ2) is 8.07. The normalized spacial score (nSPS) is 24.1. The molecule has 0 amide bonds. The molecule has 0 bridgehead atoms. The Kier molecular flexibility index (Phi) is 5.75. The van der Waals surface area contributed by atoms with Gasteiger partial charge in [0, 0.05) is 20.8 Å². The number of hydrogen-bond acceptors (Lipinski definition) is 10. The summed E-state index contributed by atoms with van der Waals surface area (Å²) in [5, 5.41) is 6.95. The van der Waals surface area contributed by atoms with Gasteiger partial charge in [0.05, 0.1) is 5.69 Å². The highest BCUT2D eigenvalue weighted by Crippen LogP contribution is 2.39. The Balaban J connectivity index is 2.01. The molecule has 12 heteroatoms. The molecule has 0 radical (unpaired) electrons. The number of aromatic nitrogens is 4. The first kappa shape index (κ1) is 20.0. The van der Waals surface area contributed by atoms with Gasteiger partial charge in [-0.1, -0.05) is 11.6 Å². The fraction of sp³-hybridized carbons (Fsp3) is 0.500. The number of ether oxygens (including phenoxy) is 4. The van der Waals surface area contributed by atoms with Gasteiger partial charge in [0.25, 0.3) is 0 Å². The maximum absolute atomic E-state index is 11.7. The minimum Gasteiger partial charge on any atom is -0.463 e. The third kappa shape index (κ3) is 4.04. The van der Waals surface area contributed by atoms with E-state index in [1.165, 1.54) is 27.1 Å². The van der Waals surface area contributed by atoms with E-state index in [0.717, 1.165) is 0 Å². The SMILES string of the molecule is CC(=O)OC[C@@H]1O[C@@H](c2[nH]nc3c(Cl)ncnc23)[C@@H](OC(C)=O)[C@@H]1OC(C)=O. The summed E-state index contributed by atoms with van der Waals surface area (Å²) < 4.78 is 21.6. The molecule has 0 aromatic carbocycles. The van der Waals surface area contributed by atoms with Crippen molar-refractivity contribution >= 4 is 40.5 Å². The summed E-state index contributed by atoms with van der Waals surface area (Å²) in [4.78, 5) is 42.4. The van der Waals surface area contributed by atoms with Crippen LogP contribution in [-0.2, 0) is 33.3 Å². The quantitative estimate of drug-likeness (QED) is 0.426. The van der Waals surface area contributed by atoms with Gasteiger partial charge in [0.2, 0.25) is 0 Å². The molecule has 2 aromatic rings. The van der Waals surface area contributed by atoms with Crippen molar-refractivity contribution < 1.29 is 33.3 Å². The second-order valence-corrected chi connectivity index (χ2v) is 6.40. The summed E-state index contributed by atoms with van der Waals surface area (Å²) in [6, 6.07) is 0. The maximum Gasteiger partial charge on any atom is 0.303 e. The van der Waals surface area contributed by atoms with Crippen LogP contribution in [0.4, 0.5) is 0 Å². The molecule has 1 aliphatic heterocycles. The van der Waals surface area contributed by atoms with E-state index in [9.17, 15) is 14.4 Å². The van der Waals surface area contributed by atoms with Crippen LogP contribution >= 0.6 is 11.6 Å². The molecular weight excluding hydrogens is 396 g/mol. The molecule has 4 atom stereocenters. The van der Waals surface area contributed by atoms with Crippen LogP contribution in [0.15, 0.2) is 6.33 Å². The number of nitrogens with zero attached hydrogens (tertiary/aromatic N) is 3. The Morgan fingerprint density at radius 3 is 2.39 bits per heavy atom. The number of nitrogens with one attached hydrogen (secondary N) is 1. The van der Waals surface area contributed by atoms with E-state index in [1.54, 1.807) is 0 Å². The summed E-state index contributed by atoms with van der Waals surface area (Å²) in [5.74, 6) is -1.76. The van der Waals surface area contributed by atoms with Gasteiger partial charge in [-0.2, -0.15) is 5.10 Å². The molecule has 2 aromatic heterocycles. The van der Waals surface area contributed by atoms with Gasteiger partial charge < -0.3 is 18.9 Å². The van der Waals surface area contributed by atoms with Crippen LogP contribution in [0.2, 0.25) is 5.15 Å². The summed E-state index contributed by atoms with van der Waals surface area (Å²) in [5.41, 5.74) is 1.02. The summed E-state index contributed by atoms with van der Waals surface area (Å²) >= 11 is 6.02. The van der Waals surface area contributed by atoms with Gasteiger partial charge >= 0.3 is 17.9 Å². The lowest BCUT2D eigenvalue weighted by molar-refractivity contribution is -0.165. The zero-order chi connectivity index (χ0) is 20.4. The molecule has 1 fully saturated rings. The van der Waals surface area contributed by atoms with E-state index in [2.05, 4.69) is 20.2 Å². The Morgan fingerprint density at radius 1 is 1.07 bits per heavy atom. The Morgan fingerprint density at radius 2 is 1.75 bits per heavy atom. The smallest absolute Gasteiger partial charge is 0.303 e. The highest BCUT2D eigenvalue weighted by Gasteiger charge is 2.51. The van der Waals surface area contributed by atoms with Crippen molar-refractivity contribution in [2.45, 2.75) is 45.2 Å². The molecular formula is C16H17ClN4O7. The zero-order valence-corrected chi connectivity index (χ0v) is 15.9. The van der Waals surface area contributed by atoms with Crippen molar-refractivity contribution in [3.8, 4) is 0 Å². The fourth-order valence-electron chi connectivity index (χ4n) is 2.97. The van der Waals surface area contributed by atoms with Crippen molar-refractivity contribution in [3.05, 3.63) is 17.2 Å². The molecule has 1 saturated heterocycles. The molecule has 0 saturated carbocycles. The predicted octanol–water partition coefficient (Wildman–Crippen LogP) is 0.873. The van der Waals surface area contributed by atoms with Crippen LogP contribution in [-0.4, -0.2) is 63.0 Å². The largest absolute Gasteiger partial charge is 0.463 e. The number of H-pyrrole nitrogens is 1. The number of aromatic amines is 1. The number of esters is 3. The minimum absolute atomic E-state index is 0.127. The van der Waals surface area contributed by atoms with E-state index >= 15 is 0 Å². The van der Waals surface area contributed by atoms with E-state index in [-0.39, 0.29) is 11.8 Å². The molecule has 11 nitrogen and oxygen atoms in total. The first-order valence-electron chi connectivity index (χ1n) is 8.25. The monoisotopic (exact) mass is 412 g/mol. The molecule has 1 N–H and O–H groups in total. The first-order chi connectivity index (χ1) is 13.3. The Hall–Kier alpha value is -2.79. The van der Waals surface area contributed by atoms with Crippen LogP contribution < -0.4 is 0 Å². The average molecular weight is 413 g/mol. The van der Waals surface area contributed by atoms with E-state index in [0.29, 0.717) is 16.7 Å². The Labute approximate surface area is 163 Å². The highest BCUT2D eigenvalue weighted by atomic mass is 35.5. The maximum atomic E-state index is 11.7. The average Bonchev–Trinajstić information content (AvgIpc) is 3.16. The molecule has 3 heterocycles. The molecule has 150 valence electrons. The highest BCUT2D eigenvalue weighted by molar-refractivity contribution is 6.33. The van der Waals surface area contributed by atoms with Crippen molar-refractivity contribution in [2.24, 2.45) is 0 Å². The predicted molar refractivity (Wildman–Crippen MR) is 92.0 cm³/mol. The second-order valence-electron chi connectivity index (χ2n) is 6.04. The standard InChI is InChI=1S/C16H17ClN4O7/c1-6(22)25-4-9-13(26-7(2)23)15(27-8(3)24)14(28-9)11-10-12(21-20-11)16(17)19-5-18-10/h5,9,13-15H,4H2,1-3H3,(H,20,21)/t9-,13+,14-,15-/m0/s1. The lowest BCUT2D eigenvalue weighted by atomic mass is 10.0. The number of hydrogen-bond donors (Lipinski definition) is 1.